The first-order valence-corrected chi connectivity index (χ1v) is 12.2. The zero-order valence-corrected chi connectivity index (χ0v) is 20.3. The first kappa shape index (κ1) is 22.7. The molecule has 10 heteroatoms. The van der Waals surface area contributed by atoms with Crippen LogP contribution in [0.5, 0.6) is 0 Å². The highest BCUT2D eigenvalue weighted by Crippen LogP contribution is 2.30. The van der Waals surface area contributed by atoms with E-state index in [0.29, 0.717) is 27.9 Å². The van der Waals surface area contributed by atoms with Crippen molar-refractivity contribution in [2.75, 3.05) is 42.6 Å². The number of pyridine rings is 2. The Bertz CT molecular complexity index is 1650. The van der Waals surface area contributed by atoms with Crippen LogP contribution in [0.3, 0.4) is 0 Å². The molecule has 5 aromatic rings. The highest BCUT2D eigenvalue weighted by atomic mass is 16.5. The number of nitrogens with one attached hydrogen (secondary N) is 2. The van der Waals surface area contributed by atoms with Crippen molar-refractivity contribution in [3.8, 4) is 11.3 Å². The number of esters is 1. The number of H-pyrrole nitrogens is 2. The molecule has 4 aromatic heterocycles. The lowest BCUT2D eigenvalue weighted by atomic mass is 10.0. The van der Waals surface area contributed by atoms with E-state index in [1.807, 2.05) is 48.7 Å². The zero-order valence-electron chi connectivity index (χ0n) is 20.3. The normalized spacial score (nSPS) is 13.9. The summed E-state index contributed by atoms with van der Waals surface area (Å²) >= 11 is 0. The van der Waals surface area contributed by atoms with Crippen LogP contribution < -0.4 is 15.4 Å². The van der Waals surface area contributed by atoms with Gasteiger partial charge in [-0.2, -0.15) is 0 Å². The Kier molecular flexibility index (Phi) is 5.76. The summed E-state index contributed by atoms with van der Waals surface area (Å²) in [6, 6.07) is 13.5. The molecule has 10 nitrogen and oxygen atoms in total. The summed E-state index contributed by atoms with van der Waals surface area (Å²) in [6.45, 7) is 5.22. The van der Waals surface area contributed by atoms with Gasteiger partial charge in [-0.05, 0) is 37.3 Å². The smallest absolute Gasteiger partial charge is 0.340 e. The van der Waals surface area contributed by atoms with Gasteiger partial charge in [0.15, 0.2) is 0 Å². The molecule has 0 saturated carbocycles. The molecule has 0 atom stereocenters. The Morgan fingerprint density at radius 1 is 1.03 bits per heavy atom. The van der Waals surface area contributed by atoms with Crippen molar-refractivity contribution in [2.45, 2.75) is 6.92 Å². The van der Waals surface area contributed by atoms with Gasteiger partial charge in [0.05, 0.1) is 17.9 Å². The van der Waals surface area contributed by atoms with E-state index in [4.69, 9.17) is 9.72 Å². The molecule has 0 amide bonds. The number of nitrogens with zero attached hydrogens (tertiary/aromatic N) is 5. The van der Waals surface area contributed by atoms with E-state index in [1.165, 1.54) is 6.20 Å². The number of rotatable bonds is 5. The molecule has 0 unspecified atom stereocenters. The monoisotopic (exact) mass is 495 g/mol. The van der Waals surface area contributed by atoms with Gasteiger partial charge in [0.2, 0.25) is 5.95 Å². The molecule has 1 aromatic carbocycles. The molecule has 0 radical (unpaired) electrons. The van der Waals surface area contributed by atoms with Crippen molar-refractivity contribution in [3.63, 3.8) is 0 Å². The summed E-state index contributed by atoms with van der Waals surface area (Å²) < 4.78 is 5.21. The van der Waals surface area contributed by atoms with Gasteiger partial charge in [-0.3, -0.25) is 4.79 Å². The average Bonchev–Trinajstić information content (AvgIpc) is 3.40. The van der Waals surface area contributed by atoms with Crippen LogP contribution >= 0.6 is 0 Å². The highest BCUT2D eigenvalue weighted by Gasteiger charge is 2.21. The maximum Gasteiger partial charge on any atom is 0.340 e. The third-order valence-corrected chi connectivity index (χ3v) is 6.61. The number of hydrogen-bond donors (Lipinski definition) is 2. The first-order chi connectivity index (χ1) is 18.1. The summed E-state index contributed by atoms with van der Waals surface area (Å²) in [5.74, 6) is 1.17. The predicted molar refractivity (Wildman–Crippen MR) is 142 cm³/mol. The van der Waals surface area contributed by atoms with Gasteiger partial charge in [-0.25, -0.2) is 19.7 Å². The molecule has 1 saturated heterocycles. The summed E-state index contributed by atoms with van der Waals surface area (Å²) in [5.41, 5.74) is 2.62. The fraction of sp³-hybridized carbons (Fsp3) is 0.222. The number of anilines is 2. The van der Waals surface area contributed by atoms with Crippen LogP contribution in [0.15, 0.2) is 65.8 Å². The molecule has 1 fully saturated rings. The largest absolute Gasteiger partial charge is 0.462 e. The summed E-state index contributed by atoms with van der Waals surface area (Å²) in [4.78, 5) is 49.3. The number of aromatic nitrogens is 5. The van der Waals surface area contributed by atoms with E-state index in [-0.39, 0.29) is 12.2 Å². The molecule has 0 spiro atoms. The Morgan fingerprint density at radius 3 is 2.65 bits per heavy atom. The van der Waals surface area contributed by atoms with Crippen molar-refractivity contribution >= 4 is 39.5 Å². The molecule has 2 N–H and O–H groups in total. The molecule has 37 heavy (non-hydrogen) atoms. The number of carbonyl (C=O) groups is 1. The predicted octanol–water partition coefficient (Wildman–Crippen LogP) is 3.36. The topological polar surface area (TPSA) is 120 Å². The standard InChI is InChI=1S/C27H25N7O3/c1-2-37-26(36)19-16-30-24-23(19)18-15-17(6-7-21(18)31-25(24)35)20-8-10-29-27(32-20)34-13-11-33(12-14-34)22-5-3-4-9-28-22/h3-10,15-16,30H,2,11-14H2,1H3,(H,31,35). The quantitative estimate of drug-likeness (QED) is 0.356. The number of hydrogen-bond acceptors (Lipinski definition) is 8. The van der Waals surface area contributed by atoms with Crippen molar-refractivity contribution in [1.82, 2.24) is 24.9 Å². The number of carbonyl (C=O) groups excluding carboxylic acids is 1. The van der Waals surface area contributed by atoms with E-state index in [9.17, 15) is 9.59 Å². The minimum Gasteiger partial charge on any atom is -0.462 e. The second kappa shape index (κ2) is 9.38. The average molecular weight is 496 g/mol. The Labute approximate surface area is 212 Å². The minimum absolute atomic E-state index is 0.248. The maximum absolute atomic E-state index is 12.6. The molecule has 186 valence electrons. The SMILES string of the molecule is CCOC(=O)c1c[nH]c2c(=O)[nH]c3ccc(-c4ccnc(N5CCN(c6ccccn6)CC5)n4)cc3c12. The number of piperazine rings is 1. The fourth-order valence-corrected chi connectivity index (χ4v) is 4.79. The minimum atomic E-state index is -0.472. The van der Waals surface area contributed by atoms with E-state index in [2.05, 4.69) is 29.7 Å². The van der Waals surface area contributed by atoms with E-state index >= 15 is 0 Å². The molecule has 5 heterocycles. The van der Waals surface area contributed by atoms with Crippen LogP contribution in [0.4, 0.5) is 11.8 Å². The molecule has 1 aliphatic rings. The van der Waals surface area contributed by atoms with E-state index in [0.717, 1.165) is 48.6 Å². The molecule has 0 aliphatic carbocycles. The van der Waals surface area contributed by atoms with Crippen molar-refractivity contribution in [3.05, 3.63) is 77.0 Å². The molecular formula is C27H25N7O3. The van der Waals surface area contributed by atoms with Crippen LogP contribution in [-0.2, 0) is 4.74 Å². The van der Waals surface area contributed by atoms with Crippen molar-refractivity contribution in [1.29, 1.82) is 0 Å². The summed E-state index contributed by atoms with van der Waals surface area (Å²) in [7, 11) is 0. The lowest BCUT2D eigenvalue weighted by Crippen LogP contribution is -2.47. The van der Waals surface area contributed by atoms with Gasteiger partial charge in [-0.15, -0.1) is 0 Å². The first-order valence-electron chi connectivity index (χ1n) is 12.2. The van der Waals surface area contributed by atoms with E-state index < -0.39 is 5.97 Å². The lowest BCUT2D eigenvalue weighted by molar-refractivity contribution is 0.0529. The molecule has 1 aliphatic heterocycles. The van der Waals surface area contributed by atoms with Crippen LogP contribution in [0.25, 0.3) is 33.1 Å². The number of aromatic amines is 2. The van der Waals surface area contributed by atoms with Crippen LogP contribution in [-0.4, -0.2) is 63.7 Å². The lowest BCUT2D eigenvalue weighted by Gasteiger charge is -2.35. The second-order valence-corrected chi connectivity index (χ2v) is 8.79. The zero-order chi connectivity index (χ0) is 25.4. The van der Waals surface area contributed by atoms with Crippen molar-refractivity contribution in [2.24, 2.45) is 0 Å². The molecule has 6 rings (SSSR count). The van der Waals surface area contributed by atoms with Gasteiger partial charge in [0.25, 0.3) is 5.56 Å². The van der Waals surface area contributed by atoms with Crippen LogP contribution in [0.2, 0.25) is 0 Å². The fourth-order valence-electron chi connectivity index (χ4n) is 4.79. The van der Waals surface area contributed by atoms with Crippen LogP contribution in [0.1, 0.15) is 17.3 Å². The Morgan fingerprint density at radius 2 is 1.86 bits per heavy atom. The Balaban J connectivity index is 1.33. The van der Waals surface area contributed by atoms with Gasteiger partial charge in [0, 0.05) is 66.6 Å². The van der Waals surface area contributed by atoms with Gasteiger partial charge >= 0.3 is 5.97 Å². The number of ether oxygens (including phenoxy) is 1. The summed E-state index contributed by atoms with van der Waals surface area (Å²) in [6.07, 6.45) is 5.09. The third kappa shape index (κ3) is 4.16. The number of fused-ring (bicyclic) bond motifs is 3. The molecular weight excluding hydrogens is 470 g/mol. The summed E-state index contributed by atoms with van der Waals surface area (Å²) in [5, 5.41) is 1.28. The third-order valence-electron chi connectivity index (χ3n) is 6.61. The van der Waals surface area contributed by atoms with Crippen LogP contribution in [0, 0.1) is 0 Å². The number of benzene rings is 1. The van der Waals surface area contributed by atoms with Gasteiger partial charge in [0.1, 0.15) is 11.3 Å². The second-order valence-electron chi connectivity index (χ2n) is 8.79. The van der Waals surface area contributed by atoms with Crippen molar-refractivity contribution < 1.29 is 9.53 Å². The van der Waals surface area contributed by atoms with E-state index in [1.54, 1.807) is 13.1 Å². The Hall–Kier alpha value is -4.73. The maximum atomic E-state index is 12.6. The van der Waals surface area contributed by atoms with Gasteiger partial charge < -0.3 is 24.5 Å². The highest BCUT2D eigenvalue weighted by molar-refractivity contribution is 6.15. The van der Waals surface area contributed by atoms with Gasteiger partial charge in [-0.1, -0.05) is 12.1 Å². The molecule has 0 bridgehead atoms.